The van der Waals surface area contributed by atoms with Crippen molar-refractivity contribution in [2.75, 3.05) is 6.54 Å². The molecule has 1 aliphatic rings. The van der Waals surface area contributed by atoms with Gasteiger partial charge in [-0.25, -0.2) is 10.4 Å². The lowest BCUT2D eigenvalue weighted by Gasteiger charge is -2.18. The molecule has 0 aliphatic carbocycles. The molecule has 1 unspecified atom stereocenters. The summed E-state index contributed by atoms with van der Waals surface area (Å²) in [4.78, 5) is 3.77. The zero-order valence-corrected chi connectivity index (χ0v) is 11.9. The van der Waals surface area contributed by atoms with Crippen LogP contribution in [0.4, 0.5) is 13.2 Å². The van der Waals surface area contributed by atoms with Gasteiger partial charge in [-0.1, -0.05) is 24.1 Å². The predicted molar refractivity (Wildman–Crippen MR) is 70.7 cm³/mol. The van der Waals surface area contributed by atoms with E-state index in [0.717, 1.165) is 12.6 Å². The highest BCUT2D eigenvalue weighted by Crippen LogP contribution is 2.33. The van der Waals surface area contributed by atoms with E-state index in [-0.39, 0.29) is 0 Å². The first-order valence-electron chi connectivity index (χ1n) is 6.18. The van der Waals surface area contributed by atoms with Gasteiger partial charge in [0.05, 0.1) is 17.8 Å². The molecule has 0 bridgehead atoms. The molecular formula is C13H15ClF3N3. The van der Waals surface area contributed by atoms with E-state index in [9.17, 15) is 13.2 Å². The molecule has 0 saturated heterocycles. The van der Waals surface area contributed by atoms with Gasteiger partial charge in [0, 0.05) is 12.7 Å². The smallest absolute Gasteiger partial charge is 0.315 e. The first-order chi connectivity index (χ1) is 9.27. The minimum absolute atomic E-state index is 0.328. The molecule has 0 amide bonds. The summed E-state index contributed by atoms with van der Waals surface area (Å²) in [5, 5.41) is 1.39. The van der Waals surface area contributed by atoms with Crippen LogP contribution in [-0.2, 0) is 12.7 Å². The van der Waals surface area contributed by atoms with Crippen LogP contribution >= 0.6 is 11.6 Å². The van der Waals surface area contributed by atoms with Gasteiger partial charge >= 0.3 is 6.18 Å². The Morgan fingerprint density at radius 1 is 1.45 bits per heavy atom. The third-order valence-electron chi connectivity index (χ3n) is 3.28. The molecule has 7 heteroatoms. The highest BCUT2D eigenvalue weighted by molar-refractivity contribution is 6.30. The van der Waals surface area contributed by atoms with E-state index in [0.29, 0.717) is 18.2 Å². The van der Waals surface area contributed by atoms with Gasteiger partial charge in [-0.3, -0.25) is 0 Å². The van der Waals surface area contributed by atoms with E-state index < -0.39 is 16.9 Å². The van der Waals surface area contributed by atoms with Gasteiger partial charge in [-0.05, 0) is 25.0 Å². The summed E-state index contributed by atoms with van der Waals surface area (Å²) in [6.45, 7) is 5.31. The van der Waals surface area contributed by atoms with Crippen molar-refractivity contribution < 1.29 is 13.2 Å². The number of halogens is 4. The van der Waals surface area contributed by atoms with E-state index in [1.807, 2.05) is 18.1 Å². The summed E-state index contributed by atoms with van der Waals surface area (Å²) < 4.78 is 37.6. The first kappa shape index (κ1) is 15.1. The Morgan fingerprint density at radius 3 is 2.65 bits per heavy atom. The number of alkyl halides is 3. The lowest BCUT2D eigenvalue weighted by molar-refractivity contribution is -0.137. The molecule has 110 valence electrons. The quantitative estimate of drug-likeness (QED) is 0.865. The number of hydrogen-bond acceptors (Lipinski definition) is 3. The fraction of sp³-hybridized carbons (Fsp3) is 0.462. The van der Waals surface area contributed by atoms with Crippen molar-refractivity contribution in [3.8, 4) is 0 Å². The molecule has 0 aromatic carbocycles. The molecule has 0 radical (unpaired) electrons. The summed E-state index contributed by atoms with van der Waals surface area (Å²) in [5.74, 6) is 0.464. The molecule has 1 aromatic rings. The maximum absolute atomic E-state index is 12.5. The van der Waals surface area contributed by atoms with E-state index in [4.69, 9.17) is 11.6 Å². The van der Waals surface area contributed by atoms with E-state index in [2.05, 4.69) is 17.3 Å². The van der Waals surface area contributed by atoms with Crippen LogP contribution < -0.4 is 5.43 Å². The number of pyridine rings is 1. The molecule has 1 atom stereocenters. The molecule has 0 saturated carbocycles. The predicted octanol–water partition coefficient (Wildman–Crippen LogP) is 3.61. The van der Waals surface area contributed by atoms with Crippen molar-refractivity contribution in [2.45, 2.75) is 26.6 Å². The zero-order chi connectivity index (χ0) is 14.9. The van der Waals surface area contributed by atoms with Crippen molar-refractivity contribution in [3.05, 3.63) is 40.3 Å². The van der Waals surface area contributed by atoms with Crippen molar-refractivity contribution >= 4 is 11.6 Å². The van der Waals surface area contributed by atoms with Gasteiger partial charge in [-0.2, -0.15) is 13.2 Å². The van der Waals surface area contributed by atoms with Crippen LogP contribution in [-0.4, -0.2) is 16.5 Å². The summed E-state index contributed by atoms with van der Waals surface area (Å²) in [6.07, 6.45) is -2.49. The van der Waals surface area contributed by atoms with Crippen LogP contribution in [0.25, 0.3) is 0 Å². The fourth-order valence-corrected chi connectivity index (χ4v) is 2.22. The second-order valence-electron chi connectivity index (χ2n) is 4.90. The van der Waals surface area contributed by atoms with Crippen molar-refractivity contribution in [1.82, 2.24) is 15.4 Å². The van der Waals surface area contributed by atoms with Gasteiger partial charge in [0.15, 0.2) is 0 Å². The molecule has 3 nitrogen and oxygen atoms in total. The van der Waals surface area contributed by atoms with Crippen LogP contribution in [0.15, 0.2) is 23.9 Å². The Labute approximate surface area is 120 Å². The Hall–Kier alpha value is -1.27. The van der Waals surface area contributed by atoms with Crippen LogP contribution in [0.1, 0.15) is 25.1 Å². The summed E-state index contributed by atoms with van der Waals surface area (Å²) in [6, 6.07) is 2.29. The lowest BCUT2D eigenvalue weighted by Crippen LogP contribution is -2.32. The zero-order valence-electron chi connectivity index (χ0n) is 11.1. The molecule has 0 fully saturated rings. The van der Waals surface area contributed by atoms with Gasteiger partial charge in [-0.15, -0.1) is 0 Å². The topological polar surface area (TPSA) is 28.2 Å². The summed E-state index contributed by atoms with van der Waals surface area (Å²) in [5.41, 5.74) is 3.92. The number of nitrogens with zero attached hydrogens (tertiary/aromatic N) is 2. The van der Waals surface area contributed by atoms with Crippen molar-refractivity contribution in [2.24, 2.45) is 5.92 Å². The fourth-order valence-electron chi connectivity index (χ4n) is 1.94. The maximum atomic E-state index is 12.5. The minimum atomic E-state index is -4.47. The molecule has 2 rings (SSSR count). The largest absolute Gasteiger partial charge is 0.419 e. The number of aromatic nitrogens is 1. The first-order valence-corrected chi connectivity index (χ1v) is 6.56. The third-order valence-corrected chi connectivity index (χ3v) is 3.57. The molecule has 0 spiro atoms. The SMILES string of the molecule is CC1=CN(NCc2ccc(C(F)(F)F)c(Cl)n2)CC1C. The molecule has 2 heterocycles. The summed E-state index contributed by atoms with van der Waals surface area (Å²) >= 11 is 5.57. The van der Waals surface area contributed by atoms with Crippen molar-refractivity contribution in [3.63, 3.8) is 0 Å². The Morgan fingerprint density at radius 2 is 2.15 bits per heavy atom. The van der Waals surface area contributed by atoms with Crippen LogP contribution in [0.3, 0.4) is 0 Å². The molecule has 1 aliphatic heterocycles. The second kappa shape index (κ2) is 5.61. The van der Waals surface area contributed by atoms with Gasteiger partial charge < -0.3 is 5.01 Å². The molecule has 20 heavy (non-hydrogen) atoms. The molecule has 1 aromatic heterocycles. The van der Waals surface area contributed by atoms with Gasteiger partial charge in [0.25, 0.3) is 0 Å². The van der Waals surface area contributed by atoms with Crippen LogP contribution in [0.2, 0.25) is 5.15 Å². The molecular weight excluding hydrogens is 291 g/mol. The highest BCUT2D eigenvalue weighted by Gasteiger charge is 2.33. The Balaban J connectivity index is 2.00. The van der Waals surface area contributed by atoms with Gasteiger partial charge in [0.1, 0.15) is 5.15 Å². The average molecular weight is 306 g/mol. The van der Waals surface area contributed by atoms with Crippen LogP contribution in [0.5, 0.6) is 0 Å². The number of rotatable bonds is 3. The second-order valence-corrected chi connectivity index (χ2v) is 5.26. The van der Waals surface area contributed by atoms with E-state index in [1.54, 1.807) is 0 Å². The number of hydrazine groups is 1. The third kappa shape index (κ3) is 3.43. The summed E-state index contributed by atoms with van der Waals surface area (Å²) in [7, 11) is 0. The molecule has 1 N–H and O–H groups in total. The minimum Gasteiger partial charge on any atom is -0.315 e. The lowest BCUT2D eigenvalue weighted by atomic mass is 10.1. The van der Waals surface area contributed by atoms with Crippen LogP contribution in [0, 0.1) is 5.92 Å². The maximum Gasteiger partial charge on any atom is 0.419 e. The normalized spacial score (nSPS) is 19.4. The Bertz CT molecular complexity index is 528. The Kier molecular flexibility index (Phi) is 4.25. The van der Waals surface area contributed by atoms with E-state index >= 15 is 0 Å². The van der Waals surface area contributed by atoms with Gasteiger partial charge in [0.2, 0.25) is 0 Å². The number of nitrogens with one attached hydrogen (secondary N) is 1. The standard InChI is InChI=1S/C13H15ClF3N3/c1-8-6-20(7-9(8)2)18-5-10-3-4-11(12(14)19-10)13(15,16)17/h3-4,6,9,18H,5,7H2,1-2H3. The van der Waals surface area contributed by atoms with Crippen molar-refractivity contribution in [1.29, 1.82) is 0 Å². The monoisotopic (exact) mass is 305 g/mol. The average Bonchev–Trinajstić information content (AvgIpc) is 2.65. The highest BCUT2D eigenvalue weighted by atomic mass is 35.5. The van der Waals surface area contributed by atoms with E-state index in [1.165, 1.54) is 11.6 Å². The number of hydrogen-bond donors (Lipinski definition) is 1.